The maximum absolute atomic E-state index is 11.9. The third kappa shape index (κ3) is 6.89. The van der Waals surface area contributed by atoms with Gasteiger partial charge in [-0.1, -0.05) is 25.6 Å². The number of carbonyl (C=O) groups excluding carboxylic acids is 2. The maximum Gasteiger partial charge on any atom is 0.408 e. The average molecular weight is 345 g/mol. The zero-order valence-corrected chi connectivity index (χ0v) is 15.0. The first-order chi connectivity index (χ1) is 10.6. The van der Waals surface area contributed by atoms with Crippen LogP contribution in [0.25, 0.3) is 0 Å². The Bertz CT molecular complexity index is 539. The summed E-state index contributed by atoms with van der Waals surface area (Å²) in [5.74, 6) is -0.0362. The van der Waals surface area contributed by atoms with E-state index >= 15 is 0 Å². The van der Waals surface area contributed by atoms with Crippen molar-refractivity contribution in [2.45, 2.75) is 51.5 Å². The van der Waals surface area contributed by atoms with Crippen LogP contribution in [0.15, 0.2) is 9.64 Å². The normalized spacial score (nSPS) is 12.8. The summed E-state index contributed by atoms with van der Waals surface area (Å²) in [6.45, 7) is 9.17. The van der Waals surface area contributed by atoms with Crippen molar-refractivity contribution in [2.75, 3.05) is 12.9 Å². The lowest BCUT2D eigenvalue weighted by molar-refractivity contribution is -0.137. The predicted molar refractivity (Wildman–Crippen MR) is 84.0 cm³/mol. The number of nitrogens with zero attached hydrogens (tertiary/aromatic N) is 2. The Balaban J connectivity index is 2.73. The van der Waals surface area contributed by atoms with Crippen molar-refractivity contribution in [3.8, 4) is 0 Å². The summed E-state index contributed by atoms with van der Waals surface area (Å²) in [6, 6.07) is -0.482. The van der Waals surface area contributed by atoms with Crippen LogP contribution in [0.2, 0.25) is 0 Å². The van der Waals surface area contributed by atoms with Crippen molar-refractivity contribution in [2.24, 2.45) is 5.92 Å². The molecule has 0 aromatic carbocycles. The molecule has 0 aliphatic carbocycles. The van der Waals surface area contributed by atoms with Crippen molar-refractivity contribution < 1.29 is 23.5 Å². The number of methoxy groups -OCH3 is 1. The highest BCUT2D eigenvalue weighted by molar-refractivity contribution is 7.99. The van der Waals surface area contributed by atoms with Gasteiger partial charge in [0.25, 0.3) is 5.22 Å². The van der Waals surface area contributed by atoms with E-state index in [0.717, 1.165) is 11.8 Å². The molecule has 1 aromatic rings. The monoisotopic (exact) mass is 345 g/mol. The van der Waals surface area contributed by atoms with Gasteiger partial charge in [-0.25, -0.2) is 4.79 Å². The number of amides is 1. The molecule has 0 unspecified atom stereocenters. The average Bonchev–Trinajstić information content (AvgIpc) is 2.88. The van der Waals surface area contributed by atoms with Crippen molar-refractivity contribution in [1.29, 1.82) is 0 Å². The van der Waals surface area contributed by atoms with Gasteiger partial charge >= 0.3 is 12.1 Å². The molecule has 0 saturated heterocycles. The molecule has 1 rings (SSSR count). The van der Waals surface area contributed by atoms with Crippen LogP contribution in [-0.4, -0.2) is 40.7 Å². The molecule has 0 spiro atoms. The number of aromatic nitrogens is 2. The second kappa shape index (κ2) is 8.19. The van der Waals surface area contributed by atoms with E-state index in [9.17, 15) is 9.59 Å². The Morgan fingerprint density at radius 1 is 1.30 bits per heavy atom. The highest BCUT2D eigenvalue weighted by atomic mass is 32.2. The predicted octanol–water partition coefficient (Wildman–Crippen LogP) is 2.56. The Hall–Kier alpha value is -1.77. The Kier molecular flexibility index (Phi) is 6.86. The van der Waals surface area contributed by atoms with E-state index in [0.29, 0.717) is 0 Å². The molecule has 8 nitrogen and oxygen atoms in total. The van der Waals surface area contributed by atoms with Gasteiger partial charge in [0, 0.05) is 0 Å². The molecule has 0 aliphatic rings. The summed E-state index contributed by atoms with van der Waals surface area (Å²) in [4.78, 5) is 23.0. The highest BCUT2D eigenvalue weighted by Gasteiger charge is 2.27. The van der Waals surface area contributed by atoms with E-state index in [1.165, 1.54) is 7.11 Å². The summed E-state index contributed by atoms with van der Waals surface area (Å²) in [7, 11) is 1.31. The molecule has 0 radical (unpaired) electrons. The van der Waals surface area contributed by atoms with E-state index in [-0.39, 0.29) is 28.8 Å². The third-order valence-corrected chi connectivity index (χ3v) is 3.36. The largest absolute Gasteiger partial charge is 0.468 e. The number of hydrogen-bond acceptors (Lipinski definition) is 8. The van der Waals surface area contributed by atoms with Crippen molar-refractivity contribution in [3.63, 3.8) is 0 Å². The van der Waals surface area contributed by atoms with Crippen molar-refractivity contribution in [1.82, 2.24) is 15.5 Å². The van der Waals surface area contributed by atoms with E-state index in [2.05, 4.69) is 20.3 Å². The van der Waals surface area contributed by atoms with Crippen LogP contribution in [0.1, 0.15) is 46.6 Å². The molecule has 1 N–H and O–H groups in total. The number of nitrogens with one attached hydrogen (secondary N) is 1. The third-order valence-electron chi connectivity index (χ3n) is 2.57. The fraction of sp³-hybridized carbons (Fsp3) is 0.714. The summed E-state index contributed by atoms with van der Waals surface area (Å²) in [6.07, 6.45) is -0.557. The maximum atomic E-state index is 11.9. The molecule has 0 aliphatic heterocycles. The number of alkyl carbamates (subject to hydrolysis) is 1. The lowest BCUT2D eigenvalue weighted by Gasteiger charge is -2.23. The molecule has 9 heteroatoms. The van der Waals surface area contributed by atoms with E-state index in [4.69, 9.17) is 9.15 Å². The summed E-state index contributed by atoms with van der Waals surface area (Å²) in [5.41, 5.74) is -0.595. The first kappa shape index (κ1) is 19.3. The fourth-order valence-electron chi connectivity index (χ4n) is 1.53. The topological polar surface area (TPSA) is 104 Å². The zero-order valence-electron chi connectivity index (χ0n) is 14.2. The van der Waals surface area contributed by atoms with Crippen LogP contribution in [0, 0.1) is 5.92 Å². The quantitative estimate of drug-likeness (QED) is 0.620. The van der Waals surface area contributed by atoms with Gasteiger partial charge in [0.05, 0.1) is 7.11 Å². The highest BCUT2D eigenvalue weighted by Crippen LogP contribution is 2.24. The lowest BCUT2D eigenvalue weighted by atomic mass is 10.1. The van der Waals surface area contributed by atoms with Crippen LogP contribution in [0.5, 0.6) is 0 Å². The van der Waals surface area contributed by atoms with Gasteiger partial charge in [-0.05, 0) is 26.7 Å². The molecule has 0 bridgehead atoms. The lowest BCUT2D eigenvalue weighted by Crippen LogP contribution is -2.37. The second-order valence-corrected chi connectivity index (χ2v) is 7.07. The molecule has 1 amide bonds. The van der Waals surface area contributed by atoms with Crippen molar-refractivity contribution >= 4 is 23.8 Å². The van der Waals surface area contributed by atoms with E-state index in [1.807, 2.05) is 13.8 Å². The van der Waals surface area contributed by atoms with E-state index < -0.39 is 17.7 Å². The molecule has 1 heterocycles. The van der Waals surface area contributed by atoms with Crippen LogP contribution < -0.4 is 5.32 Å². The summed E-state index contributed by atoms with van der Waals surface area (Å²) in [5, 5.41) is 10.7. The minimum atomic E-state index is -0.595. The number of carbonyl (C=O) groups is 2. The van der Waals surface area contributed by atoms with Crippen molar-refractivity contribution in [3.05, 3.63) is 5.89 Å². The van der Waals surface area contributed by atoms with Crippen LogP contribution in [0.3, 0.4) is 0 Å². The number of esters is 1. The first-order valence-electron chi connectivity index (χ1n) is 7.15. The first-order valence-corrected chi connectivity index (χ1v) is 8.13. The number of thioether (sulfide) groups is 1. The van der Waals surface area contributed by atoms with Gasteiger partial charge in [-0.15, -0.1) is 10.2 Å². The van der Waals surface area contributed by atoms with Gasteiger partial charge in [-0.3, -0.25) is 4.79 Å². The van der Waals surface area contributed by atoms with Gasteiger partial charge < -0.3 is 19.2 Å². The minimum Gasteiger partial charge on any atom is -0.468 e. The van der Waals surface area contributed by atoms with Gasteiger partial charge in [0.15, 0.2) is 0 Å². The summed E-state index contributed by atoms with van der Waals surface area (Å²) < 4.78 is 15.3. The summed E-state index contributed by atoms with van der Waals surface area (Å²) >= 11 is 1.07. The van der Waals surface area contributed by atoms with Gasteiger partial charge in [0.1, 0.15) is 17.4 Å². The van der Waals surface area contributed by atoms with Crippen LogP contribution in [-0.2, 0) is 14.3 Å². The zero-order chi connectivity index (χ0) is 17.6. The molecule has 0 saturated carbocycles. The molecule has 1 atom stereocenters. The number of ether oxygens (including phenoxy) is 2. The number of rotatable bonds is 6. The van der Waals surface area contributed by atoms with Gasteiger partial charge in [0.2, 0.25) is 5.89 Å². The van der Waals surface area contributed by atoms with Crippen LogP contribution >= 0.6 is 11.8 Å². The van der Waals surface area contributed by atoms with Gasteiger partial charge in [-0.2, -0.15) is 0 Å². The molecule has 0 fully saturated rings. The second-order valence-electron chi connectivity index (χ2n) is 6.14. The molecular formula is C14H23N3O5S. The molecule has 23 heavy (non-hydrogen) atoms. The smallest absolute Gasteiger partial charge is 0.408 e. The van der Waals surface area contributed by atoms with E-state index in [1.54, 1.807) is 20.8 Å². The number of hydrogen-bond donors (Lipinski definition) is 1. The van der Waals surface area contributed by atoms with Crippen LogP contribution in [0.4, 0.5) is 4.79 Å². The molecule has 1 aromatic heterocycles. The fourth-order valence-corrected chi connectivity index (χ4v) is 2.13. The molecule has 130 valence electrons. The Labute approximate surface area is 139 Å². The molecular weight excluding hydrogens is 322 g/mol. The Morgan fingerprint density at radius 3 is 2.48 bits per heavy atom. The minimum absolute atomic E-state index is 0.0152. The SMILES string of the molecule is COC(=O)CSc1nnc([C@@H](NC(=O)OC(C)(C)C)C(C)C)o1. The standard InChI is InChI=1S/C14H23N3O5S/c1-8(2)10(15-12(19)22-14(3,4)5)11-16-17-13(21-11)23-7-9(18)20-6/h8,10H,7H2,1-6H3,(H,15,19)/t10-/m0/s1. The Morgan fingerprint density at radius 2 is 1.96 bits per heavy atom.